The molecule has 0 bridgehead atoms. The van der Waals surface area contributed by atoms with Gasteiger partial charge in [-0.3, -0.25) is 0 Å². The van der Waals surface area contributed by atoms with Gasteiger partial charge in [0.15, 0.2) is 0 Å². The SMILES string of the molecule is CCCCC/C=C\C/C=C\CCCCCCCC(=O)[O-].CCCCCCCC/C=C\CCCCCCCC(=O)[O-].CCCCCCCCCCCCCCCCCC(=O)[O-].[K+].[Sr+2]. The van der Waals surface area contributed by atoms with E-state index in [1.54, 1.807) is 0 Å². The molecule has 62 heavy (non-hydrogen) atoms. The smallest absolute Gasteiger partial charge is 0.550 e. The maximum atomic E-state index is 10.2. The zero-order chi connectivity index (χ0) is 44.7. The fourth-order valence-corrected chi connectivity index (χ4v) is 7.06. The van der Waals surface area contributed by atoms with E-state index in [-0.39, 0.29) is 116 Å². The van der Waals surface area contributed by atoms with Crippen LogP contribution in [0.2, 0.25) is 0 Å². The van der Waals surface area contributed by atoms with Gasteiger partial charge in [-0.25, -0.2) is 0 Å². The number of unbranched alkanes of at least 4 members (excludes halogenated alkanes) is 33. The molecule has 8 heteroatoms. The fraction of sp³-hybridized carbons (Fsp3) is 0.833. The average Bonchev–Trinajstić information content (AvgIpc) is 3.22. The standard InChI is InChI=1S/C18H36O2.C18H34O2.C18H32O2.K.Sr/c3*1-2-3-4-5-6-7-8-9-10-11-12-13-14-15-16-17-18(19)20;;/h2-17H2,1H3,(H,19,20);9-10H,2-8,11-17H2,1H3,(H,19,20);6-7,9-10H,2-5,8,11-17H2,1H3,(H,19,20);;/q;;;+1;+2/p-3/b;10-9-;7-6-,10-9-;;. The first-order valence-electron chi connectivity index (χ1n) is 25.9. The molecule has 0 aliphatic carbocycles. The van der Waals surface area contributed by atoms with Gasteiger partial charge in [-0.15, -0.1) is 0 Å². The Hall–Kier alpha value is 0.747. The number of carboxylic acid groups (broad SMARTS) is 3. The Balaban J connectivity index is -0.000000258. The molecule has 0 rings (SSSR count). The predicted molar refractivity (Wildman–Crippen MR) is 259 cm³/mol. The molecule has 0 aromatic rings. The van der Waals surface area contributed by atoms with Gasteiger partial charge in [0.2, 0.25) is 0 Å². The topological polar surface area (TPSA) is 120 Å². The van der Waals surface area contributed by atoms with Crippen molar-refractivity contribution in [1.29, 1.82) is 0 Å². The molecule has 0 saturated heterocycles. The van der Waals surface area contributed by atoms with Crippen molar-refractivity contribution in [3.8, 4) is 0 Å². The predicted octanol–water partition coefficient (Wildman–Crippen LogP) is 10.9. The van der Waals surface area contributed by atoms with Crippen molar-refractivity contribution in [1.82, 2.24) is 0 Å². The maximum absolute atomic E-state index is 10.2. The van der Waals surface area contributed by atoms with Crippen LogP contribution in [0.5, 0.6) is 0 Å². The quantitative estimate of drug-likeness (QED) is 0.0340. The molecular weight excluding hydrogens is 871 g/mol. The number of hydrogen-bond acceptors (Lipinski definition) is 6. The van der Waals surface area contributed by atoms with E-state index in [1.807, 2.05) is 0 Å². The summed E-state index contributed by atoms with van der Waals surface area (Å²) in [5.41, 5.74) is 0. The number of allylic oxidation sites excluding steroid dienone is 6. The minimum atomic E-state index is -0.921. The number of carbonyl (C=O) groups excluding carboxylic acids is 3. The van der Waals surface area contributed by atoms with Gasteiger partial charge in [-0.05, 0) is 96.3 Å². The van der Waals surface area contributed by atoms with Crippen LogP contribution in [0.25, 0.3) is 0 Å². The molecule has 0 saturated carbocycles. The van der Waals surface area contributed by atoms with E-state index < -0.39 is 17.9 Å². The van der Waals surface area contributed by atoms with Gasteiger partial charge in [0, 0.05) is 17.9 Å². The normalized spacial score (nSPS) is 10.9. The third kappa shape index (κ3) is 81.0. The van der Waals surface area contributed by atoms with Crippen molar-refractivity contribution in [2.45, 2.75) is 290 Å². The first-order valence-corrected chi connectivity index (χ1v) is 25.9. The number of carboxylic acids is 3. The van der Waals surface area contributed by atoms with E-state index in [1.165, 1.54) is 186 Å². The van der Waals surface area contributed by atoms with Crippen molar-refractivity contribution in [2.75, 3.05) is 0 Å². The number of carbonyl (C=O) groups is 3. The van der Waals surface area contributed by atoms with Crippen molar-refractivity contribution < 1.29 is 81.1 Å². The van der Waals surface area contributed by atoms with Crippen LogP contribution in [0.4, 0.5) is 0 Å². The third-order valence-electron chi connectivity index (χ3n) is 11.0. The van der Waals surface area contributed by atoms with E-state index in [0.717, 1.165) is 64.2 Å². The van der Waals surface area contributed by atoms with E-state index >= 15 is 0 Å². The molecule has 0 unspecified atom stereocenters. The van der Waals surface area contributed by atoms with Gasteiger partial charge in [0.1, 0.15) is 0 Å². The van der Waals surface area contributed by atoms with E-state index in [0.29, 0.717) is 0 Å². The molecule has 0 aromatic heterocycles. The van der Waals surface area contributed by atoms with Crippen LogP contribution in [0.1, 0.15) is 290 Å². The van der Waals surface area contributed by atoms with E-state index in [4.69, 9.17) is 0 Å². The second-order valence-corrected chi connectivity index (χ2v) is 17.1. The van der Waals surface area contributed by atoms with Gasteiger partial charge in [0.05, 0.1) is 0 Å². The molecule has 0 aliphatic rings. The van der Waals surface area contributed by atoms with Gasteiger partial charge in [-0.1, -0.05) is 231 Å². The summed E-state index contributed by atoms with van der Waals surface area (Å²) in [5.74, 6) is -2.74. The zero-order valence-corrected chi connectivity index (χ0v) is 48.4. The van der Waals surface area contributed by atoms with E-state index in [9.17, 15) is 29.7 Å². The second kappa shape index (κ2) is 68.3. The minimum Gasteiger partial charge on any atom is -0.550 e. The van der Waals surface area contributed by atoms with E-state index in [2.05, 4.69) is 57.2 Å². The van der Waals surface area contributed by atoms with Crippen LogP contribution in [0, 0.1) is 0 Å². The molecule has 6 nitrogen and oxygen atoms in total. The Morgan fingerprint density at radius 1 is 0.290 bits per heavy atom. The molecule has 0 atom stereocenters. The monoisotopic (exact) mass is 971 g/mol. The second-order valence-electron chi connectivity index (χ2n) is 17.1. The van der Waals surface area contributed by atoms with Gasteiger partial charge < -0.3 is 29.7 Å². The molecule has 0 heterocycles. The van der Waals surface area contributed by atoms with Crippen LogP contribution in [-0.2, 0) is 14.4 Å². The first-order chi connectivity index (χ1) is 29.3. The Kier molecular flexibility index (Phi) is 79.1. The summed E-state index contributed by atoms with van der Waals surface area (Å²) in [6.07, 6.45) is 62.7. The number of rotatable bonds is 45. The Labute approximate surface area is 465 Å². The Morgan fingerprint density at radius 3 is 0.710 bits per heavy atom. The van der Waals surface area contributed by atoms with Crippen LogP contribution in [-0.4, -0.2) is 63.4 Å². The summed E-state index contributed by atoms with van der Waals surface area (Å²) >= 11 is 0. The first kappa shape index (κ1) is 71.7. The molecule has 0 spiro atoms. The largest absolute Gasteiger partial charge is 2.00 e. The number of aliphatic carboxylic acids is 3. The molecule has 354 valence electrons. The van der Waals surface area contributed by atoms with Crippen LogP contribution >= 0.6 is 0 Å². The van der Waals surface area contributed by atoms with Gasteiger partial charge in [-0.2, -0.15) is 0 Å². The van der Waals surface area contributed by atoms with Crippen LogP contribution < -0.4 is 66.7 Å². The maximum Gasteiger partial charge on any atom is 2.00 e. The zero-order valence-electron chi connectivity index (χ0n) is 41.8. The van der Waals surface area contributed by atoms with Gasteiger partial charge in [0.25, 0.3) is 0 Å². The summed E-state index contributed by atoms with van der Waals surface area (Å²) in [6.45, 7) is 6.76. The van der Waals surface area contributed by atoms with Gasteiger partial charge >= 0.3 is 96.9 Å². The van der Waals surface area contributed by atoms with Crippen LogP contribution in [0.15, 0.2) is 36.5 Å². The van der Waals surface area contributed by atoms with Crippen molar-refractivity contribution in [3.05, 3.63) is 36.5 Å². The molecular formula is C54H99KO6Sr. The molecule has 0 radical (unpaired) electrons. The summed E-state index contributed by atoms with van der Waals surface area (Å²) in [7, 11) is 0. The van der Waals surface area contributed by atoms with Crippen molar-refractivity contribution in [3.63, 3.8) is 0 Å². The van der Waals surface area contributed by atoms with Crippen LogP contribution in [0.3, 0.4) is 0 Å². The van der Waals surface area contributed by atoms with Crippen molar-refractivity contribution in [2.24, 2.45) is 0 Å². The third-order valence-corrected chi connectivity index (χ3v) is 11.0. The molecule has 0 N–H and O–H groups in total. The molecule has 0 aliphatic heterocycles. The molecule has 0 aromatic carbocycles. The Morgan fingerprint density at radius 2 is 0.468 bits per heavy atom. The summed E-state index contributed by atoms with van der Waals surface area (Å²) in [5, 5.41) is 30.6. The summed E-state index contributed by atoms with van der Waals surface area (Å²) < 4.78 is 0. The summed E-state index contributed by atoms with van der Waals surface area (Å²) in [6, 6.07) is 0. The van der Waals surface area contributed by atoms with Crippen molar-refractivity contribution >= 4 is 63.4 Å². The average molecular weight is 971 g/mol. The fourth-order valence-electron chi connectivity index (χ4n) is 7.06. The number of hydrogen-bond donors (Lipinski definition) is 0. The molecule has 0 fully saturated rings. The molecule has 0 amide bonds. The minimum absolute atomic E-state index is 0. The Bertz CT molecular complexity index is 953. The summed E-state index contributed by atoms with van der Waals surface area (Å²) in [4.78, 5) is 30.6.